The van der Waals surface area contributed by atoms with Gasteiger partial charge in [0.05, 0.1) is 0 Å². The van der Waals surface area contributed by atoms with Crippen LogP contribution in [0.4, 0.5) is 0 Å². The molecule has 0 rings (SSSR count). The number of hydrogen-bond donors (Lipinski definition) is 0. The summed E-state index contributed by atoms with van der Waals surface area (Å²) in [5, 5.41) is 0. The molecule has 2 heteroatoms. The van der Waals surface area contributed by atoms with E-state index in [4.69, 9.17) is 0 Å². The van der Waals surface area contributed by atoms with Gasteiger partial charge >= 0.3 is 0 Å². The van der Waals surface area contributed by atoms with Crippen LogP contribution in [-0.2, 0) is 19.5 Å². The van der Waals surface area contributed by atoms with E-state index in [1.165, 1.54) is 0 Å². The molecular formula is C4H10ClZn-. The monoisotopic (exact) mass is 157 g/mol. The van der Waals surface area contributed by atoms with Crippen LogP contribution >= 0.6 is 12.4 Å². The molecule has 0 aromatic rings. The van der Waals surface area contributed by atoms with Gasteiger partial charge in [-0.05, 0) is 0 Å². The molecule has 0 radical (unpaired) electrons. The molecule has 0 aromatic carbocycles. The first-order chi connectivity index (χ1) is 1.73. The fourth-order valence-corrected chi connectivity index (χ4v) is 0. The maximum atomic E-state index is 3.64. The molecular weight excluding hydrogens is 149 g/mol. The topological polar surface area (TPSA) is 0 Å². The summed E-state index contributed by atoms with van der Waals surface area (Å²) in [6.45, 7) is 7.75. The Morgan fingerprint density at radius 1 is 1.33 bits per heavy atom. The molecule has 0 aliphatic heterocycles. The second-order valence-electron chi connectivity index (χ2n) is 1.39. The molecule has 0 amide bonds. The molecule has 6 heavy (non-hydrogen) atoms. The molecule has 0 unspecified atom stereocenters. The van der Waals surface area contributed by atoms with Gasteiger partial charge in [0, 0.05) is 19.5 Å². The molecule has 0 nitrogen and oxygen atoms in total. The Labute approximate surface area is 58.9 Å². The average molecular weight is 159 g/mol. The van der Waals surface area contributed by atoms with Gasteiger partial charge in [-0.1, -0.05) is 13.8 Å². The molecule has 0 heterocycles. The van der Waals surface area contributed by atoms with E-state index in [1.54, 1.807) is 0 Å². The Kier molecular flexibility index (Phi) is 24.5. The fraction of sp³-hybridized carbons (Fsp3) is 0.750. The summed E-state index contributed by atoms with van der Waals surface area (Å²) in [4.78, 5) is 0. The third-order valence-corrected chi connectivity index (χ3v) is 0. The van der Waals surface area contributed by atoms with Crippen molar-refractivity contribution in [1.29, 1.82) is 0 Å². The molecule has 0 bridgehead atoms. The molecule has 0 aromatic heterocycles. The van der Waals surface area contributed by atoms with E-state index < -0.39 is 0 Å². The zero-order valence-electron chi connectivity index (χ0n) is 4.40. The third kappa shape index (κ3) is 90.2. The summed E-state index contributed by atoms with van der Waals surface area (Å²) in [5.74, 6) is 0.583. The number of halogens is 1. The van der Waals surface area contributed by atoms with Crippen molar-refractivity contribution in [3.8, 4) is 0 Å². The van der Waals surface area contributed by atoms with Crippen molar-refractivity contribution in [1.82, 2.24) is 0 Å². The van der Waals surface area contributed by atoms with Gasteiger partial charge in [0.2, 0.25) is 0 Å². The maximum absolute atomic E-state index is 3.64. The van der Waals surface area contributed by atoms with Crippen LogP contribution in [-0.4, -0.2) is 0 Å². The molecule has 0 N–H and O–H groups in total. The van der Waals surface area contributed by atoms with Crippen LogP contribution in [0.25, 0.3) is 0 Å². The van der Waals surface area contributed by atoms with Gasteiger partial charge in [-0.15, -0.1) is 12.4 Å². The van der Waals surface area contributed by atoms with Crippen LogP contribution in [0.3, 0.4) is 0 Å². The third-order valence-electron chi connectivity index (χ3n) is 0. The van der Waals surface area contributed by atoms with Crippen molar-refractivity contribution in [3.05, 3.63) is 6.92 Å². The molecule has 0 fully saturated rings. The van der Waals surface area contributed by atoms with Gasteiger partial charge in [0.25, 0.3) is 0 Å². The summed E-state index contributed by atoms with van der Waals surface area (Å²) < 4.78 is 0. The van der Waals surface area contributed by atoms with Gasteiger partial charge in [-0.2, -0.15) is 5.92 Å². The van der Waals surface area contributed by atoms with Crippen LogP contribution in [0.5, 0.6) is 0 Å². The number of rotatable bonds is 0. The average Bonchev–Trinajstić information content (AvgIpc) is 0.811. The second-order valence-corrected chi connectivity index (χ2v) is 1.39. The van der Waals surface area contributed by atoms with Crippen molar-refractivity contribution >= 4 is 12.4 Å². The fourth-order valence-electron chi connectivity index (χ4n) is 0. The van der Waals surface area contributed by atoms with Gasteiger partial charge in [-0.25, -0.2) is 0 Å². The Morgan fingerprint density at radius 2 is 1.33 bits per heavy atom. The minimum Gasteiger partial charge on any atom is -0.341 e. The summed E-state index contributed by atoms with van der Waals surface area (Å²) >= 11 is 0. The van der Waals surface area contributed by atoms with E-state index in [0.717, 1.165) is 0 Å². The summed E-state index contributed by atoms with van der Waals surface area (Å²) in [6.07, 6.45) is 0. The van der Waals surface area contributed by atoms with E-state index in [-0.39, 0.29) is 31.9 Å². The summed E-state index contributed by atoms with van der Waals surface area (Å²) in [7, 11) is 0. The van der Waals surface area contributed by atoms with E-state index in [1.807, 2.05) is 0 Å². The van der Waals surface area contributed by atoms with Crippen LogP contribution < -0.4 is 0 Å². The van der Waals surface area contributed by atoms with Crippen molar-refractivity contribution in [3.63, 3.8) is 0 Å². The summed E-state index contributed by atoms with van der Waals surface area (Å²) in [6, 6.07) is 0. The maximum Gasteiger partial charge on any atom is 0 e. The van der Waals surface area contributed by atoms with Crippen molar-refractivity contribution in [2.75, 3.05) is 0 Å². The van der Waals surface area contributed by atoms with E-state index in [9.17, 15) is 0 Å². The largest absolute Gasteiger partial charge is 0.341 e. The zero-order chi connectivity index (χ0) is 3.58. The van der Waals surface area contributed by atoms with Crippen LogP contribution in [0.15, 0.2) is 0 Å². The molecule has 0 atom stereocenters. The van der Waals surface area contributed by atoms with Crippen molar-refractivity contribution in [2.24, 2.45) is 5.92 Å². The normalized spacial score (nSPS) is 6.00. The predicted molar refractivity (Wildman–Crippen MR) is 27.4 cm³/mol. The Balaban J connectivity index is -0.0000000450. The molecule has 0 aliphatic rings. The van der Waals surface area contributed by atoms with Crippen LogP contribution in [0, 0.1) is 12.8 Å². The van der Waals surface area contributed by atoms with E-state index in [0.29, 0.717) is 5.92 Å². The van der Waals surface area contributed by atoms with Gasteiger partial charge < -0.3 is 6.92 Å². The minimum atomic E-state index is 0. The molecule has 0 aliphatic carbocycles. The molecule has 0 spiro atoms. The molecule has 36 valence electrons. The first-order valence-electron chi connectivity index (χ1n) is 1.56. The van der Waals surface area contributed by atoms with Gasteiger partial charge in [-0.3, -0.25) is 0 Å². The first-order valence-corrected chi connectivity index (χ1v) is 1.56. The Hall–Kier alpha value is 0.913. The quantitative estimate of drug-likeness (QED) is 0.374. The van der Waals surface area contributed by atoms with E-state index in [2.05, 4.69) is 20.8 Å². The predicted octanol–water partition coefficient (Wildman–Crippen LogP) is 1.90. The number of hydrogen-bond acceptors (Lipinski definition) is 0. The molecule has 0 saturated heterocycles. The molecule has 0 saturated carbocycles. The smallest absolute Gasteiger partial charge is 0 e. The Bertz CT molecular complexity index is 12.3. The first kappa shape index (κ1) is 15.8. The van der Waals surface area contributed by atoms with Crippen molar-refractivity contribution < 1.29 is 19.5 Å². The minimum absolute atomic E-state index is 0. The standard InChI is InChI=1S/C4H9.ClH.Zn/c1-4(2)3;;/h4H,1H2,2-3H3;1H;/q-1;;. The van der Waals surface area contributed by atoms with Crippen LogP contribution in [0.2, 0.25) is 0 Å². The zero-order valence-corrected chi connectivity index (χ0v) is 8.18. The van der Waals surface area contributed by atoms with Crippen molar-refractivity contribution in [2.45, 2.75) is 13.8 Å². The van der Waals surface area contributed by atoms with Crippen LogP contribution in [0.1, 0.15) is 13.8 Å². The second kappa shape index (κ2) is 9.32. The summed E-state index contributed by atoms with van der Waals surface area (Å²) in [5.41, 5.74) is 0. The SMILES string of the molecule is Cl.[CH2-]C(C)C.[Zn]. The van der Waals surface area contributed by atoms with E-state index >= 15 is 0 Å². The van der Waals surface area contributed by atoms with Gasteiger partial charge in [0.15, 0.2) is 0 Å². The Morgan fingerprint density at radius 3 is 1.33 bits per heavy atom. The van der Waals surface area contributed by atoms with Gasteiger partial charge in [0.1, 0.15) is 0 Å².